The highest BCUT2D eigenvalue weighted by atomic mass is 35.5. The Morgan fingerprint density at radius 2 is 1.87 bits per heavy atom. The van der Waals surface area contributed by atoms with E-state index < -0.39 is 5.97 Å². The lowest BCUT2D eigenvalue weighted by Gasteiger charge is -2.37. The van der Waals surface area contributed by atoms with E-state index in [2.05, 4.69) is 6.92 Å². The molecule has 0 spiro atoms. The van der Waals surface area contributed by atoms with Crippen molar-refractivity contribution in [1.82, 2.24) is 9.78 Å². The first-order valence-corrected chi connectivity index (χ1v) is 13.9. The van der Waals surface area contributed by atoms with Crippen LogP contribution < -0.4 is 4.90 Å². The fraction of sp³-hybridized carbons (Fsp3) is 0.483. The van der Waals surface area contributed by atoms with Crippen molar-refractivity contribution in [2.24, 2.45) is 11.8 Å². The molecular weight excluding hydrogens is 506 g/mol. The third-order valence-corrected chi connectivity index (χ3v) is 8.19. The number of carboxylic acids is 1. The average molecular weight is 540 g/mol. The van der Waals surface area contributed by atoms with Crippen molar-refractivity contribution in [3.05, 3.63) is 52.9 Å². The van der Waals surface area contributed by atoms with Crippen LogP contribution in [0, 0.1) is 11.8 Å². The predicted octanol–water partition coefficient (Wildman–Crippen LogP) is 6.38. The van der Waals surface area contributed by atoms with Gasteiger partial charge < -0.3 is 14.3 Å². The standard InChI is InChI=1S/C29H34ClN3O5/c1-3-24-26(29(35)36)27(31-33(24)21-10-11-22(23(30)17-21)25-5-4-14-38-25)32(20-12-15-37-16-13-20)28(34)19-8-6-18(2)7-9-19/h4-5,10-11,14,17-20H,3,6-9,12-13,15-16H2,1-2H3,(H,35,36)/t18-,19-. The van der Waals surface area contributed by atoms with Crippen molar-refractivity contribution in [2.75, 3.05) is 18.1 Å². The summed E-state index contributed by atoms with van der Waals surface area (Å²) >= 11 is 6.63. The molecule has 1 N–H and O–H groups in total. The zero-order valence-corrected chi connectivity index (χ0v) is 22.6. The van der Waals surface area contributed by atoms with Crippen LogP contribution in [-0.4, -0.2) is 46.0 Å². The van der Waals surface area contributed by atoms with Crippen LogP contribution in [0.15, 0.2) is 41.0 Å². The molecule has 0 atom stereocenters. The van der Waals surface area contributed by atoms with Gasteiger partial charge in [-0.2, -0.15) is 0 Å². The molecule has 3 heterocycles. The average Bonchev–Trinajstić information content (AvgIpc) is 3.58. The monoisotopic (exact) mass is 539 g/mol. The van der Waals surface area contributed by atoms with Gasteiger partial charge in [0.05, 0.1) is 22.7 Å². The minimum Gasteiger partial charge on any atom is -0.477 e. The highest BCUT2D eigenvalue weighted by Gasteiger charge is 2.38. The van der Waals surface area contributed by atoms with E-state index in [0.717, 1.165) is 31.2 Å². The van der Waals surface area contributed by atoms with Gasteiger partial charge in [0, 0.05) is 30.7 Å². The Balaban J connectivity index is 1.60. The van der Waals surface area contributed by atoms with Gasteiger partial charge in [-0.25, -0.2) is 9.48 Å². The second-order valence-electron chi connectivity index (χ2n) is 10.4. The Bertz CT molecular complexity index is 1290. The van der Waals surface area contributed by atoms with Gasteiger partial charge in [0.15, 0.2) is 5.82 Å². The molecule has 202 valence electrons. The number of carbonyl (C=O) groups is 2. The van der Waals surface area contributed by atoms with Crippen LogP contribution in [0.4, 0.5) is 5.82 Å². The molecule has 0 bridgehead atoms. The molecular formula is C29H34ClN3O5. The molecule has 1 saturated carbocycles. The second-order valence-corrected chi connectivity index (χ2v) is 10.8. The van der Waals surface area contributed by atoms with E-state index in [4.69, 9.17) is 25.9 Å². The SMILES string of the molecule is CCc1c(C(=O)O)c(N(C(=O)[C@H]2CC[C@H](C)CC2)C2CCOCC2)nn1-c1ccc(-c2ccco2)c(Cl)c1. The summed E-state index contributed by atoms with van der Waals surface area (Å²) in [5.74, 6) is 0.213. The van der Waals surface area contributed by atoms with E-state index in [0.29, 0.717) is 60.6 Å². The Morgan fingerprint density at radius 1 is 1.13 bits per heavy atom. The Labute approximate surface area is 227 Å². The van der Waals surface area contributed by atoms with Crippen LogP contribution in [0.5, 0.6) is 0 Å². The third-order valence-electron chi connectivity index (χ3n) is 7.88. The Morgan fingerprint density at radius 3 is 2.47 bits per heavy atom. The lowest BCUT2D eigenvalue weighted by molar-refractivity contribution is -0.124. The summed E-state index contributed by atoms with van der Waals surface area (Å²) in [5.41, 5.74) is 1.95. The molecule has 1 aliphatic heterocycles. The molecule has 1 amide bonds. The van der Waals surface area contributed by atoms with Crippen molar-refractivity contribution in [3.8, 4) is 17.0 Å². The first-order chi connectivity index (χ1) is 18.4. The highest BCUT2D eigenvalue weighted by Crippen LogP contribution is 2.37. The number of rotatable bonds is 7. The molecule has 5 rings (SSSR count). The van der Waals surface area contributed by atoms with Gasteiger partial charge in [0.2, 0.25) is 5.91 Å². The first-order valence-electron chi connectivity index (χ1n) is 13.5. The fourth-order valence-electron chi connectivity index (χ4n) is 5.74. The molecule has 2 aromatic heterocycles. The molecule has 9 heteroatoms. The minimum absolute atomic E-state index is 0.0233. The summed E-state index contributed by atoms with van der Waals surface area (Å²) in [7, 11) is 0. The first kappa shape index (κ1) is 26.5. The maximum atomic E-state index is 14.1. The Kier molecular flexibility index (Phi) is 7.91. The topological polar surface area (TPSA) is 97.8 Å². The van der Waals surface area contributed by atoms with E-state index in [1.54, 1.807) is 28.0 Å². The number of hydrogen-bond donors (Lipinski definition) is 1. The third kappa shape index (κ3) is 5.12. The lowest BCUT2D eigenvalue weighted by atomic mass is 9.82. The second kappa shape index (κ2) is 11.3. The maximum Gasteiger partial charge on any atom is 0.341 e. The number of halogens is 1. The molecule has 3 aromatic rings. The number of hydrogen-bond acceptors (Lipinski definition) is 5. The number of furan rings is 1. The van der Waals surface area contributed by atoms with Gasteiger partial charge in [0.1, 0.15) is 11.3 Å². The summed E-state index contributed by atoms with van der Waals surface area (Å²) in [5, 5.41) is 15.7. The van der Waals surface area contributed by atoms with E-state index in [9.17, 15) is 14.7 Å². The number of benzene rings is 1. The van der Waals surface area contributed by atoms with Gasteiger partial charge in [-0.3, -0.25) is 9.69 Å². The molecule has 1 saturated heterocycles. The van der Waals surface area contributed by atoms with Gasteiger partial charge in [0.25, 0.3) is 0 Å². The van der Waals surface area contributed by atoms with E-state index in [-0.39, 0.29) is 29.2 Å². The maximum absolute atomic E-state index is 14.1. The number of aromatic nitrogens is 2. The molecule has 8 nitrogen and oxygen atoms in total. The molecule has 2 fully saturated rings. The molecule has 38 heavy (non-hydrogen) atoms. The van der Waals surface area contributed by atoms with Gasteiger partial charge in [-0.1, -0.05) is 25.4 Å². The molecule has 1 aromatic carbocycles. The van der Waals surface area contributed by atoms with Crippen molar-refractivity contribution in [2.45, 2.75) is 64.8 Å². The van der Waals surface area contributed by atoms with Crippen molar-refractivity contribution < 1.29 is 23.8 Å². The number of carbonyl (C=O) groups excluding carboxylic acids is 1. The van der Waals surface area contributed by atoms with Crippen LogP contribution in [0.2, 0.25) is 5.02 Å². The predicted molar refractivity (Wildman–Crippen MR) is 145 cm³/mol. The molecule has 0 radical (unpaired) electrons. The molecule has 0 unspecified atom stereocenters. The largest absolute Gasteiger partial charge is 0.477 e. The van der Waals surface area contributed by atoms with Crippen molar-refractivity contribution in [1.29, 1.82) is 0 Å². The summed E-state index contributed by atoms with van der Waals surface area (Å²) in [4.78, 5) is 28.5. The van der Waals surface area contributed by atoms with Crippen LogP contribution in [-0.2, 0) is 16.0 Å². The smallest absolute Gasteiger partial charge is 0.341 e. The number of anilines is 1. The van der Waals surface area contributed by atoms with Gasteiger partial charge >= 0.3 is 5.97 Å². The van der Waals surface area contributed by atoms with Gasteiger partial charge in [-0.15, -0.1) is 5.10 Å². The molecule has 1 aliphatic carbocycles. The lowest BCUT2D eigenvalue weighted by Crippen LogP contribution is -2.47. The van der Waals surface area contributed by atoms with E-state index >= 15 is 0 Å². The van der Waals surface area contributed by atoms with Crippen LogP contribution in [0.3, 0.4) is 0 Å². The summed E-state index contributed by atoms with van der Waals surface area (Å²) in [6.07, 6.45) is 6.92. The summed E-state index contributed by atoms with van der Waals surface area (Å²) in [6.45, 7) is 5.18. The zero-order valence-electron chi connectivity index (χ0n) is 21.9. The van der Waals surface area contributed by atoms with Crippen molar-refractivity contribution in [3.63, 3.8) is 0 Å². The normalized spacial score (nSPS) is 20.4. The fourth-order valence-corrected chi connectivity index (χ4v) is 6.01. The number of aromatic carboxylic acids is 1. The molecule has 2 aliphatic rings. The number of ether oxygens (including phenoxy) is 1. The number of nitrogens with zero attached hydrogens (tertiary/aromatic N) is 3. The number of amides is 1. The summed E-state index contributed by atoms with van der Waals surface area (Å²) < 4.78 is 12.7. The van der Waals surface area contributed by atoms with E-state index in [1.807, 2.05) is 25.1 Å². The Hall–Kier alpha value is -3.10. The quantitative estimate of drug-likeness (QED) is 0.374. The highest BCUT2D eigenvalue weighted by molar-refractivity contribution is 6.33. The van der Waals surface area contributed by atoms with Crippen molar-refractivity contribution >= 4 is 29.3 Å². The van der Waals surface area contributed by atoms with Gasteiger partial charge in [-0.05, 0) is 81.2 Å². The summed E-state index contributed by atoms with van der Waals surface area (Å²) in [6, 6.07) is 8.89. The van der Waals surface area contributed by atoms with Crippen LogP contribution in [0.25, 0.3) is 17.0 Å². The zero-order chi connectivity index (χ0) is 26.8. The van der Waals surface area contributed by atoms with Crippen LogP contribution >= 0.6 is 11.6 Å². The van der Waals surface area contributed by atoms with E-state index in [1.165, 1.54) is 0 Å². The minimum atomic E-state index is -1.09. The van der Waals surface area contributed by atoms with Crippen LogP contribution in [0.1, 0.15) is 68.4 Å². The number of carboxylic acid groups (broad SMARTS) is 1.